The molecule has 0 spiro atoms. The molecule has 29 heavy (non-hydrogen) atoms. The molecule has 0 aliphatic heterocycles. The lowest BCUT2D eigenvalue weighted by atomic mass is 9.85. The molecule has 3 rings (SSSR count). The first-order valence-electron chi connectivity index (χ1n) is 9.04. The smallest absolute Gasteiger partial charge is 0.335 e. The normalized spacial score (nSPS) is 13.2. The number of rotatable bonds is 7. The van der Waals surface area contributed by atoms with Gasteiger partial charge in [0, 0.05) is 35.8 Å². The summed E-state index contributed by atoms with van der Waals surface area (Å²) in [6.07, 6.45) is 2.84. The number of nitro benzene ring substituents is 1. The molecule has 9 heteroatoms. The summed E-state index contributed by atoms with van der Waals surface area (Å²) >= 11 is 0. The van der Waals surface area contributed by atoms with Gasteiger partial charge >= 0.3 is 5.97 Å². The second-order valence-electron chi connectivity index (χ2n) is 6.83. The largest absolute Gasteiger partial charge is 0.478 e. The SMILES string of the molecule is O=C(O)c1cc(C(=O)NCc2cccc(NC(=O)C3CCC3)c2)cc([N+](=O)[O-])c1. The number of carboxylic acids is 1. The first-order valence-corrected chi connectivity index (χ1v) is 9.04. The summed E-state index contributed by atoms with van der Waals surface area (Å²) in [6.45, 7) is 0.108. The number of amides is 2. The zero-order valence-electron chi connectivity index (χ0n) is 15.4. The van der Waals surface area contributed by atoms with E-state index in [9.17, 15) is 24.5 Å². The number of non-ortho nitro benzene ring substituents is 1. The lowest BCUT2D eigenvalue weighted by Crippen LogP contribution is -2.28. The van der Waals surface area contributed by atoms with E-state index in [0.717, 1.165) is 37.5 Å². The zero-order valence-corrected chi connectivity index (χ0v) is 15.4. The van der Waals surface area contributed by atoms with Crippen LogP contribution in [0, 0.1) is 16.0 Å². The monoisotopic (exact) mass is 397 g/mol. The van der Waals surface area contributed by atoms with Crippen LogP contribution in [0.5, 0.6) is 0 Å². The molecular weight excluding hydrogens is 378 g/mol. The first kappa shape index (κ1) is 20.0. The molecule has 1 aliphatic rings. The predicted molar refractivity (Wildman–Crippen MR) is 104 cm³/mol. The van der Waals surface area contributed by atoms with Crippen molar-refractivity contribution in [2.45, 2.75) is 25.8 Å². The van der Waals surface area contributed by atoms with Crippen molar-refractivity contribution in [1.29, 1.82) is 0 Å². The fourth-order valence-corrected chi connectivity index (χ4v) is 2.93. The quantitative estimate of drug-likeness (QED) is 0.485. The van der Waals surface area contributed by atoms with Gasteiger partial charge in [0.25, 0.3) is 11.6 Å². The molecule has 150 valence electrons. The molecule has 0 unspecified atom stereocenters. The maximum Gasteiger partial charge on any atom is 0.335 e. The Hall–Kier alpha value is -3.75. The van der Waals surface area contributed by atoms with Crippen LogP contribution < -0.4 is 10.6 Å². The molecule has 3 N–H and O–H groups in total. The summed E-state index contributed by atoms with van der Waals surface area (Å²) in [6, 6.07) is 9.99. The van der Waals surface area contributed by atoms with Gasteiger partial charge in [-0.15, -0.1) is 0 Å². The van der Waals surface area contributed by atoms with Crippen molar-refractivity contribution in [1.82, 2.24) is 5.32 Å². The molecule has 0 aromatic heterocycles. The number of benzene rings is 2. The van der Waals surface area contributed by atoms with Gasteiger partial charge in [0.05, 0.1) is 10.5 Å². The third-order valence-corrected chi connectivity index (χ3v) is 4.76. The Bertz CT molecular complexity index is 952. The summed E-state index contributed by atoms with van der Waals surface area (Å²) in [4.78, 5) is 45.8. The molecule has 9 nitrogen and oxygen atoms in total. The Morgan fingerprint density at radius 3 is 2.45 bits per heavy atom. The number of nitrogens with one attached hydrogen (secondary N) is 2. The molecule has 0 atom stereocenters. The van der Waals surface area contributed by atoms with Crippen molar-refractivity contribution < 1.29 is 24.4 Å². The summed E-state index contributed by atoms with van der Waals surface area (Å²) in [5.41, 5.74) is 0.401. The van der Waals surface area contributed by atoms with Crippen LogP contribution in [0.15, 0.2) is 42.5 Å². The van der Waals surface area contributed by atoms with Crippen molar-refractivity contribution in [3.8, 4) is 0 Å². The summed E-state index contributed by atoms with van der Waals surface area (Å²) in [5.74, 6) is -1.97. The molecule has 1 saturated carbocycles. The number of carbonyl (C=O) groups is 3. The lowest BCUT2D eigenvalue weighted by Gasteiger charge is -2.24. The Labute approximate surface area is 165 Å². The predicted octanol–water partition coefficient (Wildman–Crippen LogP) is 2.96. The van der Waals surface area contributed by atoms with Gasteiger partial charge in [0.2, 0.25) is 5.91 Å². The maximum absolute atomic E-state index is 12.4. The second kappa shape index (κ2) is 8.51. The van der Waals surface area contributed by atoms with Crippen LogP contribution in [0.2, 0.25) is 0 Å². The number of anilines is 1. The Balaban J connectivity index is 1.67. The minimum Gasteiger partial charge on any atom is -0.478 e. The van der Waals surface area contributed by atoms with E-state index in [1.807, 2.05) is 0 Å². The van der Waals surface area contributed by atoms with Crippen molar-refractivity contribution in [3.63, 3.8) is 0 Å². The lowest BCUT2D eigenvalue weighted by molar-refractivity contribution is -0.384. The maximum atomic E-state index is 12.4. The van der Waals surface area contributed by atoms with E-state index in [4.69, 9.17) is 5.11 Å². The van der Waals surface area contributed by atoms with Gasteiger partial charge in [0.15, 0.2) is 0 Å². The highest BCUT2D eigenvalue weighted by Gasteiger charge is 2.25. The number of carboxylic acid groups (broad SMARTS) is 1. The molecule has 0 radical (unpaired) electrons. The molecule has 2 amide bonds. The van der Waals surface area contributed by atoms with Crippen LogP contribution in [0.3, 0.4) is 0 Å². The third-order valence-electron chi connectivity index (χ3n) is 4.76. The van der Waals surface area contributed by atoms with E-state index in [-0.39, 0.29) is 29.5 Å². The van der Waals surface area contributed by atoms with Gasteiger partial charge < -0.3 is 15.7 Å². The van der Waals surface area contributed by atoms with Crippen molar-refractivity contribution in [2.75, 3.05) is 5.32 Å². The topological polar surface area (TPSA) is 139 Å². The van der Waals surface area contributed by atoms with Crippen LogP contribution in [-0.2, 0) is 11.3 Å². The minimum atomic E-state index is -1.36. The second-order valence-corrected chi connectivity index (χ2v) is 6.83. The van der Waals surface area contributed by atoms with Gasteiger partial charge in [-0.25, -0.2) is 4.79 Å². The van der Waals surface area contributed by atoms with Crippen molar-refractivity contribution in [2.24, 2.45) is 5.92 Å². The van der Waals surface area contributed by atoms with Crippen molar-refractivity contribution >= 4 is 29.2 Å². The molecule has 2 aromatic carbocycles. The average Bonchev–Trinajstić information content (AvgIpc) is 2.64. The molecule has 1 aliphatic carbocycles. The third kappa shape index (κ3) is 4.95. The van der Waals surface area contributed by atoms with E-state index in [1.54, 1.807) is 24.3 Å². The highest BCUT2D eigenvalue weighted by Crippen LogP contribution is 2.27. The molecule has 0 bridgehead atoms. The van der Waals surface area contributed by atoms with E-state index in [2.05, 4.69) is 10.6 Å². The van der Waals surface area contributed by atoms with E-state index in [1.165, 1.54) is 0 Å². The van der Waals surface area contributed by atoms with Crippen LogP contribution in [0.1, 0.15) is 45.5 Å². The number of carbonyl (C=O) groups excluding carboxylic acids is 2. The van der Waals surface area contributed by atoms with E-state index in [0.29, 0.717) is 11.3 Å². The van der Waals surface area contributed by atoms with Gasteiger partial charge in [-0.1, -0.05) is 18.6 Å². The number of aromatic carboxylic acids is 1. The van der Waals surface area contributed by atoms with Gasteiger partial charge in [-0.2, -0.15) is 0 Å². The molecular formula is C20H19N3O6. The summed E-state index contributed by atoms with van der Waals surface area (Å²) in [5, 5.41) is 25.5. The van der Waals surface area contributed by atoms with E-state index < -0.39 is 22.5 Å². The molecule has 0 heterocycles. The average molecular weight is 397 g/mol. The highest BCUT2D eigenvalue weighted by molar-refractivity contribution is 5.98. The fraction of sp³-hybridized carbons (Fsp3) is 0.250. The van der Waals surface area contributed by atoms with Gasteiger partial charge in [-0.3, -0.25) is 19.7 Å². The number of nitro groups is 1. The number of hydrogen-bond acceptors (Lipinski definition) is 5. The van der Waals surface area contributed by atoms with Gasteiger partial charge in [-0.05, 0) is 36.6 Å². The fourth-order valence-electron chi connectivity index (χ4n) is 2.93. The minimum absolute atomic E-state index is 0.0183. The zero-order chi connectivity index (χ0) is 21.0. The summed E-state index contributed by atoms with van der Waals surface area (Å²) < 4.78 is 0. The molecule has 2 aromatic rings. The Kier molecular flexibility index (Phi) is 5.87. The van der Waals surface area contributed by atoms with Crippen LogP contribution in [0.4, 0.5) is 11.4 Å². The number of nitrogens with zero attached hydrogens (tertiary/aromatic N) is 1. The number of hydrogen-bond donors (Lipinski definition) is 3. The Morgan fingerprint density at radius 2 is 1.83 bits per heavy atom. The van der Waals surface area contributed by atoms with Crippen LogP contribution >= 0.6 is 0 Å². The summed E-state index contributed by atoms with van der Waals surface area (Å²) in [7, 11) is 0. The molecule has 1 fully saturated rings. The standard InChI is InChI=1S/C20H19N3O6/c24-18(14-8-15(20(26)27)10-17(9-14)23(28)29)21-11-12-3-1-6-16(7-12)22-19(25)13-4-2-5-13/h1,3,6-10,13H,2,4-5,11H2,(H,21,24)(H,22,25)(H,26,27). The first-order chi connectivity index (χ1) is 13.8. The Morgan fingerprint density at radius 1 is 1.10 bits per heavy atom. The van der Waals surface area contributed by atoms with Gasteiger partial charge in [0.1, 0.15) is 0 Å². The van der Waals surface area contributed by atoms with E-state index >= 15 is 0 Å². The molecule has 0 saturated heterocycles. The van der Waals surface area contributed by atoms with Crippen LogP contribution in [-0.4, -0.2) is 27.8 Å². The highest BCUT2D eigenvalue weighted by atomic mass is 16.6. The van der Waals surface area contributed by atoms with Crippen molar-refractivity contribution in [3.05, 3.63) is 69.3 Å². The van der Waals surface area contributed by atoms with Crippen LogP contribution in [0.25, 0.3) is 0 Å².